The number of nitrogens with one attached hydrogen (secondary N) is 2. The molecule has 0 spiro atoms. The van der Waals surface area contributed by atoms with Crippen molar-refractivity contribution in [1.82, 2.24) is 10.2 Å². The van der Waals surface area contributed by atoms with Gasteiger partial charge in [0.25, 0.3) is 0 Å². The zero-order chi connectivity index (χ0) is 13.1. The van der Waals surface area contributed by atoms with Crippen molar-refractivity contribution in [2.24, 2.45) is 0 Å². The van der Waals surface area contributed by atoms with Gasteiger partial charge in [0, 0.05) is 11.8 Å². The molecule has 4 nitrogen and oxygen atoms in total. The fourth-order valence-electron chi connectivity index (χ4n) is 1.60. The van der Waals surface area contributed by atoms with Crippen molar-refractivity contribution in [1.29, 1.82) is 0 Å². The van der Waals surface area contributed by atoms with Gasteiger partial charge in [-0.2, -0.15) is 0 Å². The van der Waals surface area contributed by atoms with Crippen molar-refractivity contribution in [2.45, 2.75) is 12.8 Å². The van der Waals surface area contributed by atoms with E-state index in [1.165, 1.54) is 12.1 Å². The summed E-state index contributed by atoms with van der Waals surface area (Å²) in [6.45, 7) is 0. The maximum Gasteiger partial charge on any atom is 0.310 e. The fourth-order valence-corrected chi connectivity index (χ4v) is 1.60. The lowest BCUT2D eigenvalue weighted by molar-refractivity contribution is 0.498. The normalized spacial score (nSPS) is 10.6. The first-order chi connectivity index (χ1) is 8.58. The first-order valence-electron chi connectivity index (χ1n) is 5.31. The van der Waals surface area contributed by atoms with E-state index in [0.29, 0.717) is 12.1 Å². The van der Waals surface area contributed by atoms with E-state index in [9.17, 15) is 18.4 Å². The summed E-state index contributed by atoms with van der Waals surface area (Å²) >= 11 is 0. The van der Waals surface area contributed by atoms with Gasteiger partial charge in [0.05, 0.1) is 0 Å². The largest absolute Gasteiger partial charge is 0.310 e. The van der Waals surface area contributed by atoms with Crippen molar-refractivity contribution in [3.8, 4) is 0 Å². The number of aromatic nitrogens is 2. The Balaban J connectivity index is 2.16. The molecule has 2 aromatic rings. The zero-order valence-electron chi connectivity index (χ0n) is 9.30. The minimum atomic E-state index is -0.900. The average molecular weight is 252 g/mol. The standard InChI is InChI=1S/C12H10F2N2O2/c13-9-3-1-2-7(11(9)14)4-5-8-6-10(17)12(18)16-15-8/h1-3,6H,4-5H2,(H,15,17)(H,16,18). The molecule has 0 aliphatic rings. The first kappa shape index (κ1) is 12.2. The van der Waals surface area contributed by atoms with Crippen LogP contribution in [0.3, 0.4) is 0 Å². The molecule has 0 aliphatic carbocycles. The topological polar surface area (TPSA) is 65.7 Å². The lowest BCUT2D eigenvalue weighted by atomic mass is 10.1. The molecule has 1 aromatic carbocycles. The second kappa shape index (κ2) is 4.95. The number of aromatic amines is 2. The van der Waals surface area contributed by atoms with Crippen molar-refractivity contribution in [2.75, 3.05) is 0 Å². The SMILES string of the molecule is O=c1cc(CCc2cccc(F)c2F)[nH][nH]c1=O. The summed E-state index contributed by atoms with van der Waals surface area (Å²) in [6.07, 6.45) is 0.526. The molecule has 1 heterocycles. The molecule has 0 radical (unpaired) electrons. The Morgan fingerprint density at radius 1 is 1.06 bits per heavy atom. The Hall–Kier alpha value is -2.24. The van der Waals surface area contributed by atoms with Crippen LogP contribution >= 0.6 is 0 Å². The van der Waals surface area contributed by atoms with Crippen LogP contribution in [-0.2, 0) is 12.8 Å². The maximum atomic E-state index is 13.3. The maximum absolute atomic E-state index is 13.3. The van der Waals surface area contributed by atoms with E-state index in [0.717, 1.165) is 12.1 Å². The van der Waals surface area contributed by atoms with Gasteiger partial charge in [0.2, 0.25) is 5.43 Å². The minimum Gasteiger partial charge on any atom is -0.302 e. The molecule has 0 fully saturated rings. The van der Waals surface area contributed by atoms with Crippen LogP contribution in [0.1, 0.15) is 11.3 Å². The smallest absolute Gasteiger partial charge is 0.302 e. The molecule has 1 aromatic heterocycles. The molecule has 6 heteroatoms. The summed E-state index contributed by atoms with van der Waals surface area (Å²) in [6, 6.07) is 5.09. The molecule has 0 amide bonds. The molecule has 0 saturated carbocycles. The van der Waals surface area contributed by atoms with Crippen molar-refractivity contribution in [3.05, 3.63) is 67.7 Å². The summed E-state index contributed by atoms with van der Waals surface area (Å²) < 4.78 is 26.3. The van der Waals surface area contributed by atoms with Gasteiger partial charge in [-0.3, -0.25) is 14.7 Å². The fraction of sp³-hybridized carbons (Fsp3) is 0.167. The van der Waals surface area contributed by atoms with Gasteiger partial charge in [-0.15, -0.1) is 0 Å². The summed E-state index contributed by atoms with van der Waals surface area (Å²) in [5, 5.41) is 4.70. The highest BCUT2D eigenvalue weighted by Crippen LogP contribution is 2.13. The molecule has 0 aliphatic heterocycles. The van der Waals surface area contributed by atoms with Gasteiger partial charge in [-0.05, 0) is 24.5 Å². The molecule has 0 atom stereocenters. The number of benzene rings is 1. The Bertz CT molecular complexity index is 676. The van der Waals surface area contributed by atoms with Crippen molar-refractivity contribution < 1.29 is 8.78 Å². The van der Waals surface area contributed by atoms with Gasteiger partial charge in [0.1, 0.15) is 0 Å². The van der Waals surface area contributed by atoms with Crippen LogP contribution < -0.4 is 11.0 Å². The molecule has 0 unspecified atom stereocenters. The van der Waals surface area contributed by atoms with Gasteiger partial charge >= 0.3 is 5.56 Å². The van der Waals surface area contributed by atoms with E-state index >= 15 is 0 Å². The highest BCUT2D eigenvalue weighted by Gasteiger charge is 2.08. The lowest BCUT2D eigenvalue weighted by Crippen LogP contribution is -2.27. The highest BCUT2D eigenvalue weighted by atomic mass is 19.2. The Kier molecular flexibility index (Phi) is 3.36. The predicted molar refractivity (Wildman–Crippen MR) is 61.4 cm³/mol. The number of H-pyrrole nitrogens is 2. The lowest BCUT2D eigenvalue weighted by Gasteiger charge is -2.03. The predicted octanol–water partition coefficient (Wildman–Crippen LogP) is 1.13. The third kappa shape index (κ3) is 2.53. The number of hydrogen-bond acceptors (Lipinski definition) is 2. The van der Waals surface area contributed by atoms with Crippen molar-refractivity contribution >= 4 is 0 Å². The molecule has 0 saturated heterocycles. The van der Waals surface area contributed by atoms with E-state index < -0.39 is 22.6 Å². The molecule has 0 bridgehead atoms. The highest BCUT2D eigenvalue weighted by molar-refractivity contribution is 5.20. The number of halogens is 2. The van der Waals surface area contributed by atoms with Crippen LogP contribution in [0.2, 0.25) is 0 Å². The third-order valence-electron chi connectivity index (χ3n) is 2.56. The van der Waals surface area contributed by atoms with Crippen LogP contribution in [0, 0.1) is 11.6 Å². The molecule has 2 N–H and O–H groups in total. The molecular formula is C12H10F2N2O2. The van der Waals surface area contributed by atoms with Gasteiger partial charge in [-0.25, -0.2) is 8.78 Å². The van der Waals surface area contributed by atoms with Gasteiger partial charge < -0.3 is 5.10 Å². The second-order valence-corrected chi connectivity index (χ2v) is 3.83. The van der Waals surface area contributed by atoms with E-state index in [-0.39, 0.29) is 12.0 Å². The molecular weight excluding hydrogens is 242 g/mol. The van der Waals surface area contributed by atoms with Crippen LogP contribution in [0.15, 0.2) is 33.9 Å². The number of rotatable bonds is 3. The molecule has 2 rings (SSSR count). The van der Waals surface area contributed by atoms with E-state index in [2.05, 4.69) is 10.2 Å². The van der Waals surface area contributed by atoms with Crippen LogP contribution in [0.25, 0.3) is 0 Å². The van der Waals surface area contributed by atoms with Crippen LogP contribution in [0.4, 0.5) is 8.78 Å². The summed E-state index contributed by atoms with van der Waals surface area (Å²) in [5.74, 6) is -1.79. The summed E-state index contributed by atoms with van der Waals surface area (Å²) in [4.78, 5) is 21.9. The Morgan fingerprint density at radius 3 is 2.56 bits per heavy atom. The molecule has 94 valence electrons. The monoisotopic (exact) mass is 252 g/mol. The Morgan fingerprint density at radius 2 is 1.83 bits per heavy atom. The van der Waals surface area contributed by atoms with Gasteiger partial charge in [0.15, 0.2) is 11.6 Å². The van der Waals surface area contributed by atoms with E-state index in [1.807, 2.05) is 0 Å². The quantitative estimate of drug-likeness (QED) is 0.804. The second-order valence-electron chi connectivity index (χ2n) is 3.83. The van der Waals surface area contributed by atoms with Crippen molar-refractivity contribution in [3.63, 3.8) is 0 Å². The Labute approximate surface area is 100 Å². The first-order valence-corrected chi connectivity index (χ1v) is 5.31. The third-order valence-corrected chi connectivity index (χ3v) is 2.56. The summed E-state index contributed by atoms with van der Waals surface area (Å²) in [5.41, 5.74) is -0.718. The number of hydrogen-bond donors (Lipinski definition) is 2. The van der Waals surface area contributed by atoms with Gasteiger partial charge in [-0.1, -0.05) is 12.1 Å². The average Bonchev–Trinajstić information content (AvgIpc) is 2.35. The van der Waals surface area contributed by atoms with Crippen LogP contribution in [-0.4, -0.2) is 10.2 Å². The minimum absolute atomic E-state index is 0.224. The summed E-state index contributed by atoms with van der Waals surface area (Å²) in [7, 11) is 0. The zero-order valence-corrected chi connectivity index (χ0v) is 9.30. The van der Waals surface area contributed by atoms with Crippen LogP contribution in [0.5, 0.6) is 0 Å². The van der Waals surface area contributed by atoms with E-state index in [1.54, 1.807) is 0 Å². The number of aryl methyl sites for hydroxylation is 2. The van der Waals surface area contributed by atoms with E-state index in [4.69, 9.17) is 0 Å². The molecule has 18 heavy (non-hydrogen) atoms.